The molecule has 1 rings (SSSR count). The summed E-state index contributed by atoms with van der Waals surface area (Å²) in [4.78, 5) is 24.8. The first-order valence-electron chi connectivity index (χ1n) is 10.8. The molecule has 0 aromatic heterocycles. The first-order chi connectivity index (χ1) is 14.2. The van der Waals surface area contributed by atoms with Crippen molar-refractivity contribution in [2.24, 2.45) is 0 Å². The van der Waals surface area contributed by atoms with E-state index in [1.165, 1.54) is 32.1 Å². The van der Waals surface area contributed by atoms with E-state index in [1.54, 1.807) is 23.9 Å². The van der Waals surface area contributed by atoms with Crippen molar-refractivity contribution in [3.05, 3.63) is 28.8 Å². The second-order valence-corrected chi connectivity index (χ2v) is 8.22. The van der Waals surface area contributed by atoms with Crippen LogP contribution < -0.4 is 69.3 Å². The molecule has 0 heterocycles. The van der Waals surface area contributed by atoms with Gasteiger partial charge in [-0.25, -0.2) is 0 Å². The molecule has 1 aromatic rings. The Balaban J connectivity index is 0. The van der Waals surface area contributed by atoms with Gasteiger partial charge in [-0.05, 0) is 32.5 Å². The number of phenolic OH excluding ortho intramolecular Hbond substituents is 1. The number of carboxylic acids is 2. The largest absolute Gasteiger partial charge is 1.00 e. The molecule has 7 nitrogen and oxygen atoms in total. The van der Waals surface area contributed by atoms with Crippen molar-refractivity contribution in [3.63, 3.8) is 0 Å². The second-order valence-electron chi connectivity index (χ2n) is 8.22. The van der Waals surface area contributed by atoms with Crippen LogP contribution in [0.4, 0.5) is 0 Å². The number of aliphatic carboxylic acids is 2. The Morgan fingerprint density at radius 2 is 1.22 bits per heavy atom. The Morgan fingerprint density at radius 3 is 1.62 bits per heavy atom. The molecule has 0 unspecified atom stereocenters. The van der Waals surface area contributed by atoms with Crippen molar-refractivity contribution in [1.82, 2.24) is 9.80 Å². The van der Waals surface area contributed by atoms with E-state index >= 15 is 0 Å². The van der Waals surface area contributed by atoms with Gasteiger partial charge in [0.1, 0.15) is 5.75 Å². The summed E-state index contributed by atoms with van der Waals surface area (Å²) in [5.74, 6) is -2.27. The third kappa shape index (κ3) is 14.9. The molecule has 9 heteroatoms. The normalized spacial score (nSPS) is 10.7. The maximum atomic E-state index is 10.9. The molecule has 0 fully saturated rings. The minimum absolute atomic E-state index is 0. The van der Waals surface area contributed by atoms with Crippen LogP contribution in [0.15, 0.2) is 12.1 Å². The maximum Gasteiger partial charge on any atom is 1.00 e. The molecule has 0 spiro atoms. The molecule has 0 aliphatic heterocycles. The molecule has 0 aliphatic rings. The van der Waals surface area contributed by atoms with Crippen LogP contribution in [0, 0.1) is 0 Å². The average Bonchev–Trinajstić information content (AvgIpc) is 2.63. The third-order valence-electron chi connectivity index (χ3n) is 5.08. The van der Waals surface area contributed by atoms with Gasteiger partial charge < -0.3 is 24.9 Å². The van der Waals surface area contributed by atoms with Crippen molar-refractivity contribution in [2.45, 2.75) is 71.4 Å². The molecule has 32 heavy (non-hydrogen) atoms. The standard InChI is InChI=1S/C23H38N2O5.2Na/c1-4-5-6-7-8-9-10-11-18-12-19(14-24(2)16-21(26)27)23(30)20(13-18)15-25(3)17-22(28)29;;/h12-13,30H,4-11,14-17H2,1-3H3,(H,26,27)(H,28,29);;/q;2*+1/p-2. The molecule has 0 atom stereocenters. The van der Waals surface area contributed by atoms with Gasteiger partial charge in [0.15, 0.2) is 0 Å². The van der Waals surface area contributed by atoms with Gasteiger partial charge in [0.25, 0.3) is 0 Å². The first kappa shape index (κ1) is 34.0. The van der Waals surface area contributed by atoms with Crippen LogP contribution in [0.5, 0.6) is 5.75 Å². The first-order valence-corrected chi connectivity index (χ1v) is 10.8. The van der Waals surface area contributed by atoms with Crippen LogP contribution in [-0.2, 0) is 29.1 Å². The van der Waals surface area contributed by atoms with E-state index in [1.807, 2.05) is 12.1 Å². The molecule has 0 saturated carbocycles. The van der Waals surface area contributed by atoms with Gasteiger partial charge in [0, 0.05) is 37.3 Å². The smallest absolute Gasteiger partial charge is 0.549 e. The molecular weight excluding hydrogens is 430 g/mol. The zero-order valence-corrected chi connectivity index (χ0v) is 24.6. The fourth-order valence-corrected chi connectivity index (χ4v) is 3.64. The summed E-state index contributed by atoms with van der Waals surface area (Å²) in [5, 5.41) is 32.4. The Hall–Kier alpha value is -0.120. The number of unbranched alkanes of at least 4 members (excludes halogenated alkanes) is 6. The molecular formula is C23H36N2Na2O5. The van der Waals surface area contributed by atoms with Crippen LogP contribution in [0.25, 0.3) is 0 Å². The zero-order chi connectivity index (χ0) is 22.5. The van der Waals surface area contributed by atoms with E-state index in [2.05, 4.69) is 6.92 Å². The predicted molar refractivity (Wildman–Crippen MR) is 112 cm³/mol. The van der Waals surface area contributed by atoms with Crippen molar-refractivity contribution in [2.75, 3.05) is 27.2 Å². The molecule has 0 bridgehead atoms. The number of aryl methyl sites for hydroxylation is 1. The summed E-state index contributed by atoms with van der Waals surface area (Å²) >= 11 is 0. The number of hydrogen-bond acceptors (Lipinski definition) is 7. The van der Waals surface area contributed by atoms with E-state index in [9.17, 15) is 24.9 Å². The van der Waals surface area contributed by atoms with Gasteiger partial charge in [0.2, 0.25) is 0 Å². The van der Waals surface area contributed by atoms with Gasteiger partial charge in [-0.15, -0.1) is 0 Å². The molecule has 1 N–H and O–H groups in total. The number of carbonyl (C=O) groups excluding carboxylic acids is 2. The summed E-state index contributed by atoms with van der Waals surface area (Å²) in [5.41, 5.74) is 2.34. The number of nitrogens with zero attached hydrogens (tertiary/aromatic N) is 2. The van der Waals surface area contributed by atoms with Crippen LogP contribution in [0.2, 0.25) is 0 Å². The van der Waals surface area contributed by atoms with E-state index in [4.69, 9.17) is 0 Å². The Bertz CT molecular complexity index is 643. The van der Waals surface area contributed by atoms with Crippen molar-refractivity contribution in [3.8, 4) is 5.75 Å². The summed E-state index contributed by atoms with van der Waals surface area (Å²) in [6, 6.07) is 3.83. The number of phenols is 1. The Kier molecular flexibility index (Phi) is 20.4. The predicted octanol–water partition coefficient (Wildman–Crippen LogP) is -4.94. The maximum absolute atomic E-state index is 10.9. The SMILES string of the molecule is CCCCCCCCCc1cc(CN(C)CC(=O)[O-])c(O)c(CN(C)CC(=O)[O-])c1.[Na+].[Na+]. The Labute approximate surface area is 237 Å². The van der Waals surface area contributed by atoms with Crippen molar-refractivity contribution >= 4 is 11.9 Å². The number of hydrogen-bond donors (Lipinski definition) is 1. The number of benzene rings is 1. The van der Waals surface area contributed by atoms with Crippen LogP contribution in [-0.4, -0.2) is 54.0 Å². The fourth-order valence-electron chi connectivity index (χ4n) is 3.64. The number of carbonyl (C=O) groups is 2. The summed E-state index contributed by atoms with van der Waals surface area (Å²) in [6.07, 6.45) is 9.30. The van der Waals surface area contributed by atoms with Crippen molar-refractivity contribution < 1.29 is 84.0 Å². The average molecular weight is 467 g/mol. The Morgan fingerprint density at radius 1 is 0.812 bits per heavy atom. The fraction of sp³-hybridized carbons (Fsp3) is 0.652. The van der Waals surface area contributed by atoms with E-state index in [0.717, 1.165) is 24.8 Å². The zero-order valence-electron chi connectivity index (χ0n) is 20.6. The van der Waals surface area contributed by atoms with E-state index in [0.29, 0.717) is 11.1 Å². The van der Waals surface area contributed by atoms with E-state index in [-0.39, 0.29) is 91.0 Å². The van der Waals surface area contributed by atoms with Crippen LogP contribution >= 0.6 is 0 Å². The minimum atomic E-state index is -1.18. The van der Waals surface area contributed by atoms with Gasteiger partial charge in [0.05, 0.1) is 11.9 Å². The third-order valence-corrected chi connectivity index (χ3v) is 5.08. The van der Waals surface area contributed by atoms with E-state index < -0.39 is 11.9 Å². The number of carboxylic acid groups (broad SMARTS) is 2. The van der Waals surface area contributed by atoms with Crippen LogP contribution in [0.1, 0.15) is 68.6 Å². The number of aromatic hydroxyl groups is 1. The van der Waals surface area contributed by atoms with Crippen molar-refractivity contribution in [1.29, 1.82) is 0 Å². The monoisotopic (exact) mass is 466 g/mol. The summed E-state index contributed by atoms with van der Waals surface area (Å²) in [6.45, 7) is 2.27. The van der Waals surface area contributed by atoms with Gasteiger partial charge >= 0.3 is 59.1 Å². The molecule has 0 aliphatic carbocycles. The number of rotatable bonds is 16. The molecule has 0 amide bonds. The molecule has 170 valence electrons. The summed E-state index contributed by atoms with van der Waals surface area (Å²) < 4.78 is 0. The molecule has 0 radical (unpaired) electrons. The second kappa shape index (κ2) is 19.2. The molecule has 0 saturated heterocycles. The van der Waals surface area contributed by atoms with Gasteiger partial charge in [-0.1, -0.05) is 57.6 Å². The number of likely N-dealkylation sites (N-methyl/N-ethyl adjacent to an activating group) is 2. The summed E-state index contributed by atoms with van der Waals surface area (Å²) in [7, 11) is 3.31. The topological polar surface area (TPSA) is 107 Å². The van der Waals surface area contributed by atoms with Gasteiger partial charge in [-0.2, -0.15) is 0 Å². The molecule has 1 aromatic carbocycles. The quantitative estimate of drug-likeness (QED) is 0.192. The van der Waals surface area contributed by atoms with Crippen LogP contribution in [0.3, 0.4) is 0 Å². The van der Waals surface area contributed by atoms with Gasteiger partial charge in [-0.3, -0.25) is 9.80 Å². The minimum Gasteiger partial charge on any atom is -0.549 e.